The van der Waals surface area contributed by atoms with E-state index in [9.17, 15) is 9.59 Å². The fourth-order valence-electron chi connectivity index (χ4n) is 2.58. The van der Waals surface area contributed by atoms with Crippen LogP contribution in [0.25, 0.3) is 0 Å². The molecule has 0 saturated carbocycles. The van der Waals surface area contributed by atoms with Crippen LogP contribution in [0.4, 0.5) is 0 Å². The van der Waals surface area contributed by atoms with Gasteiger partial charge in [-0.2, -0.15) is 0 Å². The lowest BCUT2D eigenvalue weighted by Gasteiger charge is -2.12. The highest BCUT2D eigenvalue weighted by atomic mass is 79.9. The second-order valence-corrected chi connectivity index (χ2v) is 6.49. The maximum absolute atomic E-state index is 11.9. The van der Waals surface area contributed by atoms with E-state index in [1.807, 2.05) is 12.1 Å². The molecule has 1 heterocycles. The van der Waals surface area contributed by atoms with E-state index in [2.05, 4.69) is 26.6 Å². The summed E-state index contributed by atoms with van der Waals surface area (Å²) < 4.78 is 0.934. The highest BCUT2D eigenvalue weighted by Gasteiger charge is 2.14. The van der Waals surface area contributed by atoms with Crippen LogP contribution in [0.5, 0.6) is 0 Å². The van der Waals surface area contributed by atoms with Crippen molar-refractivity contribution in [2.75, 3.05) is 32.7 Å². The normalized spacial score (nSPS) is 14.8. The predicted molar refractivity (Wildman–Crippen MR) is 88.9 cm³/mol. The van der Waals surface area contributed by atoms with Crippen molar-refractivity contribution in [3.8, 4) is 0 Å². The molecule has 2 amide bonds. The minimum atomic E-state index is -0.151. The summed E-state index contributed by atoms with van der Waals surface area (Å²) in [6, 6.07) is 7.14. The van der Waals surface area contributed by atoms with E-state index in [0.717, 1.165) is 17.6 Å². The average molecular weight is 369 g/mol. The number of likely N-dealkylation sites (tertiary alicyclic amines) is 1. The molecular formula is C16H23BrN3O2+. The van der Waals surface area contributed by atoms with Gasteiger partial charge < -0.3 is 15.5 Å². The number of rotatable bonds is 7. The SMILES string of the molecule is O=C(CCNC(=O)c1ccc(Br)cc1)NCC[NH+]1CCCC1. The Morgan fingerprint density at radius 2 is 1.73 bits per heavy atom. The molecule has 2 rings (SSSR count). The molecule has 0 radical (unpaired) electrons. The second-order valence-electron chi connectivity index (χ2n) is 5.57. The number of amides is 2. The highest BCUT2D eigenvalue weighted by Crippen LogP contribution is 2.10. The molecule has 0 aromatic heterocycles. The molecule has 22 heavy (non-hydrogen) atoms. The first kappa shape index (κ1) is 17.0. The highest BCUT2D eigenvalue weighted by molar-refractivity contribution is 9.10. The van der Waals surface area contributed by atoms with Gasteiger partial charge in [-0.15, -0.1) is 0 Å². The lowest BCUT2D eigenvalue weighted by atomic mass is 10.2. The lowest BCUT2D eigenvalue weighted by Crippen LogP contribution is -3.10. The first-order chi connectivity index (χ1) is 10.6. The number of carbonyl (C=O) groups is 2. The van der Waals surface area contributed by atoms with E-state index in [1.54, 1.807) is 17.0 Å². The Morgan fingerprint density at radius 3 is 2.41 bits per heavy atom. The van der Waals surface area contributed by atoms with Crippen LogP contribution in [0.15, 0.2) is 28.7 Å². The molecule has 5 nitrogen and oxygen atoms in total. The van der Waals surface area contributed by atoms with Crippen LogP contribution in [0.1, 0.15) is 29.6 Å². The van der Waals surface area contributed by atoms with E-state index in [0.29, 0.717) is 18.5 Å². The number of carbonyl (C=O) groups excluding carboxylic acids is 2. The van der Waals surface area contributed by atoms with Crippen LogP contribution in [0.3, 0.4) is 0 Å². The van der Waals surface area contributed by atoms with Gasteiger partial charge in [-0.05, 0) is 24.3 Å². The fourth-order valence-corrected chi connectivity index (χ4v) is 2.85. The first-order valence-electron chi connectivity index (χ1n) is 7.79. The molecule has 1 aromatic carbocycles. The van der Waals surface area contributed by atoms with Crippen molar-refractivity contribution in [3.05, 3.63) is 34.3 Å². The van der Waals surface area contributed by atoms with E-state index >= 15 is 0 Å². The number of quaternary nitrogens is 1. The van der Waals surface area contributed by atoms with E-state index in [-0.39, 0.29) is 11.8 Å². The predicted octanol–water partition coefficient (Wildman–Crippen LogP) is 0.364. The zero-order valence-electron chi connectivity index (χ0n) is 12.7. The fraction of sp³-hybridized carbons (Fsp3) is 0.500. The van der Waals surface area contributed by atoms with Gasteiger partial charge in [-0.3, -0.25) is 9.59 Å². The molecule has 0 bridgehead atoms. The van der Waals surface area contributed by atoms with Crippen molar-refractivity contribution in [3.63, 3.8) is 0 Å². The zero-order chi connectivity index (χ0) is 15.8. The van der Waals surface area contributed by atoms with E-state index in [1.165, 1.54) is 25.9 Å². The Morgan fingerprint density at radius 1 is 1.05 bits per heavy atom. The van der Waals surface area contributed by atoms with Gasteiger partial charge in [0.1, 0.15) is 0 Å². The summed E-state index contributed by atoms with van der Waals surface area (Å²) in [5, 5.41) is 5.67. The van der Waals surface area contributed by atoms with Gasteiger partial charge in [0.2, 0.25) is 5.91 Å². The quantitative estimate of drug-likeness (QED) is 0.650. The third-order valence-electron chi connectivity index (χ3n) is 3.86. The molecule has 6 heteroatoms. The molecule has 1 saturated heterocycles. The van der Waals surface area contributed by atoms with Gasteiger partial charge >= 0.3 is 0 Å². The zero-order valence-corrected chi connectivity index (χ0v) is 14.2. The Hall–Kier alpha value is -1.40. The van der Waals surface area contributed by atoms with Gasteiger partial charge in [0.05, 0.1) is 26.2 Å². The van der Waals surface area contributed by atoms with Crippen molar-refractivity contribution >= 4 is 27.7 Å². The van der Waals surface area contributed by atoms with Crippen LogP contribution in [-0.4, -0.2) is 44.5 Å². The Balaban J connectivity index is 1.58. The van der Waals surface area contributed by atoms with Crippen LogP contribution in [0, 0.1) is 0 Å². The molecular weight excluding hydrogens is 346 g/mol. The van der Waals surface area contributed by atoms with Crippen molar-refractivity contribution in [1.82, 2.24) is 10.6 Å². The lowest BCUT2D eigenvalue weighted by molar-refractivity contribution is -0.886. The van der Waals surface area contributed by atoms with Gasteiger partial charge in [-0.1, -0.05) is 15.9 Å². The van der Waals surface area contributed by atoms with Gasteiger partial charge in [0.15, 0.2) is 0 Å². The van der Waals surface area contributed by atoms with Crippen molar-refractivity contribution in [2.45, 2.75) is 19.3 Å². The average Bonchev–Trinajstić information content (AvgIpc) is 3.01. The Kier molecular flexibility index (Phi) is 6.86. The number of hydrogen-bond acceptors (Lipinski definition) is 2. The number of nitrogens with one attached hydrogen (secondary N) is 3. The molecule has 1 aromatic rings. The number of hydrogen-bond donors (Lipinski definition) is 3. The van der Waals surface area contributed by atoms with Crippen molar-refractivity contribution in [2.24, 2.45) is 0 Å². The van der Waals surface area contributed by atoms with Gasteiger partial charge in [-0.25, -0.2) is 0 Å². The van der Waals surface area contributed by atoms with Gasteiger partial charge in [0.25, 0.3) is 5.91 Å². The minimum Gasteiger partial charge on any atom is -0.352 e. The third kappa shape index (κ3) is 5.77. The smallest absolute Gasteiger partial charge is 0.251 e. The van der Waals surface area contributed by atoms with Crippen LogP contribution < -0.4 is 15.5 Å². The molecule has 0 unspecified atom stereocenters. The summed E-state index contributed by atoms with van der Waals surface area (Å²) in [6.07, 6.45) is 2.91. The maximum Gasteiger partial charge on any atom is 0.251 e. The standard InChI is InChI=1S/C16H22BrN3O2/c17-14-5-3-13(4-6-14)16(22)19-8-7-15(21)18-9-12-20-10-1-2-11-20/h3-6H,1-2,7-12H2,(H,18,21)(H,19,22)/p+1. The summed E-state index contributed by atoms with van der Waals surface area (Å²) in [7, 11) is 0. The summed E-state index contributed by atoms with van der Waals surface area (Å²) in [5.41, 5.74) is 0.598. The first-order valence-corrected chi connectivity index (χ1v) is 8.58. The Bertz CT molecular complexity index is 499. The molecule has 1 aliphatic rings. The van der Waals surface area contributed by atoms with Crippen molar-refractivity contribution < 1.29 is 14.5 Å². The largest absolute Gasteiger partial charge is 0.352 e. The van der Waals surface area contributed by atoms with Crippen LogP contribution >= 0.6 is 15.9 Å². The summed E-state index contributed by atoms with van der Waals surface area (Å²) in [5.74, 6) is -0.156. The maximum atomic E-state index is 11.9. The number of benzene rings is 1. The molecule has 0 aliphatic carbocycles. The monoisotopic (exact) mass is 368 g/mol. The summed E-state index contributed by atoms with van der Waals surface area (Å²) in [4.78, 5) is 25.1. The molecule has 1 aliphatic heterocycles. The molecule has 120 valence electrons. The van der Waals surface area contributed by atoms with Crippen molar-refractivity contribution in [1.29, 1.82) is 0 Å². The molecule has 0 spiro atoms. The number of halogens is 1. The molecule has 0 atom stereocenters. The minimum absolute atomic E-state index is 0.00490. The Labute approximate surface area is 139 Å². The van der Waals surface area contributed by atoms with E-state index in [4.69, 9.17) is 0 Å². The van der Waals surface area contributed by atoms with Crippen LogP contribution in [-0.2, 0) is 4.79 Å². The molecule has 1 fully saturated rings. The third-order valence-corrected chi connectivity index (χ3v) is 4.38. The summed E-state index contributed by atoms with van der Waals surface area (Å²) >= 11 is 3.33. The van der Waals surface area contributed by atoms with Crippen LogP contribution in [0.2, 0.25) is 0 Å². The summed E-state index contributed by atoms with van der Waals surface area (Å²) in [6.45, 7) is 4.52. The topological polar surface area (TPSA) is 62.6 Å². The van der Waals surface area contributed by atoms with Gasteiger partial charge in [0, 0.05) is 35.8 Å². The van der Waals surface area contributed by atoms with E-state index < -0.39 is 0 Å². The second kappa shape index (κ2) is 8.90. The molecule has 3 N–H and O–H groups in total.